The molecule has 1 amide bonds. The zero-order valence-electron chi connectivity index (χ0n) is 13.9. The molecule has 1 N–H and O–H groups in total. The Morgan fingerprint density at radius 3 is 2.57 bits per heavy atom. The Bertz CT molecular complexity index is 564. The molecule has 2 rings (SSSR count). The number of methoxy groups -OCH3 is 1. The maximum Gasteiger partial charge on any atom is 0.323 e. The molecule has 0 atom stereocenters. The van der Waals surface area contributed by atoms with E-state index in [1.54, 1.807) is 7.11 Å². The average molecular weight is 319 g/mol. The number of aliphatic carboxylic acids is 1. The monoisotopic (exact) mass is 319 g/mol. The lowest BCUT2D eigenvalue weighted by atomic mass is 9.77. The molecule has 0 aromatic heterocycles. The molecular weight excluding hydrogens is 294 g/mol. The highest BCUT2D eigenvalue weighted by Gasteiger charge is 2.45. The van der Waals surface area contributed by atoms with E-state index in [0.29, 0.717) is 6.54 Å². The Balaban J connectivity index is 2.38. The fraction of sp³-hybridized carbons (Fsp3) is 0.556. The van der Waals surface area contributed by atoms with Crippen LogP contribution >= 0.6 is 0 Å². The number of ether oxygens (including phenoxy) is 1. The van der Waals surface area contributed by atoms with Crippen LogP contribution in [-0.2, 0) is 15.0 Å². The Morgan fingerprint density at radius 2 is 2.00 bits per heavy atom. The van der Waals surface area contributed by atoms with Gasteiger partial charge in [0.25, 0.3) is 0 Å². The molecule has 0 bridgehead atoms. The minimum absolute atomic E-state index is 0.0625. The summed E-state index contributed by atoms with van der Waals surface area (Å²) in [6.45, 7) is 2.18. The van der Waals surface area contributed by atoms with Crippen molar-refractivity contribution in [2.24, 2.45) is 0 Å². The van der Waals surface area contributed by atoms with Crippen molar-refractivity contribution >= 4 is 11.9 Å². The van der Waals surface area contributed by atoms with Crippen LogP contribution in [0.4, 0.5) is 0 Å². The highest BCUT2D eigenvalue weighted by Crippen LogP contribution is 2.43. The molecule has 1 aromatic carbocycles. The van der Waals surface area contributed by atoms with Gasteiger partial charge >= 0.3 is 5.97 Å². The summed E-state index contributed by atoms with van der Waals surface area (Å²) in [6.07, 6.45) is 4.23. The second-order valence-electron chi connectivity index (χ2n) is 6.14. The molecule has 0 unspecified atom stereocenters. The summed E-state index contributed by atoms with van der Waals surface area (Å²) in [5.74, 6) is -0.306. The Kier molecular flexibility index (Phi) is 5.64. The number of carbonyl (C=O) groups excluding carboxylic acids is 1. The first-order valence-corrected chi connectivity index (χ1v) is 8.19. The highest BCUT2D eigenvalue weighted by atomic mass is 16.5. The van der Waals surface area contributed by atoms with Crippen molar-refractivity contribution in [2.45, 2.75) is 44.4 Å². The SMILES string of the molecule is CCCN(CC(=O)O)C(=O)C1(c2cccc(OC)c2)CCCC1. The van der Waals surface area contributed by atoms with E-state index in [9.17, 15) is 9.59 Å². The summed E-state index contributed by atoms with van der Waals surface area (Å²) in [7, 11) is 1.61. The van der Waals surface area contributed by atoms with E-state index in [4.69, 9.17) is 9.84 Å². The van der Waals surface area contributed by atoms with Crippen molar-refractivity contribution in [3.05, 3.63) is 29.8 Å². The smallest absolute Gasteiger partial charge is 0.323 e. The molecule has 5 heteroatoms. The van der Waals surface area contributed by atoms with Crippen molar-refractivity contribution in [2.75, 3.05) is 20.2 Å². The lowest BCUT2D eigenvalue weighted by molar-refractivity contribution is -0.147. The maximum absolute atomic E-state index is 13.2. The number of carboxylic acids is 1. The van der Waals surface area contributed by atoms with Gasteiger partial charge in [-0.3, -0.25) is 9.59 Å². The van der Waals surface area contributed by atoms with Crippen LogP contribution in [0.2, 0.25) is 0 Å². The standard InChI is InChI=1S/C18H25NO4/c1-3-11-19(13-16(20)21)17(22)18(9-4-5-10-18)14-7-6-8-15(12-14)23-2/h6-8,12H,3-5,9-11,13H2,1-2H3,(H,20,21). The summed E-state index contributed by atoms with van der Waals surface area (Å²) in [5.41, 5.74) is 0.324. The molecule has 0 spiro atoms. The topological polar surface area (TPSA) is 66.8 Å². The highest BCUT2D eigenvalue weighted by molar-refractivity contribution is 5.91. The third-order valence-electron chi connectivity index (χ3n) is 4.60. The van der Waals surface area contributed by atoms with Crippen LogP contribution in [0.15, 0.2) is 24.3 Å². The number of hydrogen-bond acceptors (Lipinski definition) is 3. The summed E-state index contributed by atoms with van der Waals surface area (Å²) < 4.78 is 5.29. The van der Waals surface area contributed by atoms with Gasteiger partial charge in [0.2, 0.25) is 5.91 Å². The summed E-state index contributed by atoms with van der Waals surface area (Å²) in [5, 5.41) is 9.13. The van der Waals surface area contributed by atoms with Gasteiger partial charge in [0.05, 0.1) is 12.5 Å². The average Bonchev–Trinajstić information content (AvgIpc) is 3.04. The van der Waals surface area contributed by atoms with Gasteiger partial charge < -0.3 is 14.7 Å². The molecule has 5 nitrogen and oxygen atoms in total. The quantitative estimate of drug-likeness (QED) is 0.839. The second kappa shape index (κ2) is 7.49. The van der Waals surface area contributed by atoms with E-state index in [-0.39, 0.29) is 12.5 Å². The minimum Gasteiger partial charge on any atom is -0.497 e. The Hall–Kier alpha value is -2.04. The lowest BCUT2D eigenvalue weighted by Gasteiger charge is -2.34. The zero-order chi connectivity index (χ0) is 16.9. The van der Waals surface area contributed by atoms with E-state index in [0.717, 1.165) is 43.4 Å². The molecular formula is C18H25NO4. The fourth-order valence-corrected chi connectivity index (χ4v) is 3.51. The number of benzene rings is 1. The van der Waals surface area contributed by atoms with Crippen LogP contribution in [0.5, 0.6) is 5.75 Å². The first-order chi connectivity index (χ1) is 11.0. The zero-order valence-corrected chi connectivity index (χ0v) is 13.9. The van der Waals surface area contributed by atoms with Gasteiger partial charge in [0, 0.05) is 6.54 Å². The number of amides is 1. The van der Waals surface area contributed by atoms with Crippen LogP contribution in [0.3, 0.4) is 0 Å². The van der Waals surface area contributed by atoms with Gasteiger partial charge in [-0.05, 0) is 37.0 Å². The maximum atomic E-state index is 13.2. The fourth-order valence-electron chi connectivity index (χ4n) is 3.51. The molecule has 1 fully saturated rings. The van der Waals surface area contributed by atoms with Crippen molar-refractivity contribution in [3.8, 4) is 5.75 Å². The van der Waals surface area contributed by atoms with Gasteiger partial charge in [-0.15, -0.1) is 0 Å². The molecule has 0 heterocycles. The summed E-state index contributed by atoms with van der Waals surface area (Å²) in [6, 6.07) is 7.62. The van der Waals surface area contributed by atoms with Crippen LogP contribution in [0.25, 0.3) is 0 Å². The first-order valence-electron chi connectivity index (χ1n) is 8.19. The third kappa shape index (κ3) is 3.66. The number of hydrogen-bond donors (Lipinski definition) is 1. The van der Waals surface area contributed by atoms with E-state index < -0.39 is 11.4 Å². The molecule has 126 valence electrons. The van der Waals surface area contributed by atoms with E-state index in [2.05, 4.69) is 0 Å². The van der Waals surface area contributed by atoms with Gasteiger partial charge in [-0.25, -0.2) is 0 Å². The third-order valence-corrected chi connectivity index (χ3v) is 4.60. The van der Waals surface area contributed by atoms with Crippen molar-refractivity contribution in [3.63, 3.8) is 0 Å². The molecule has 0 radical (unpaired) electrons. The Morgan fingerprint density at radius 1 is 1.30 bits per heavy atom. The summed E-state index contributed by atoms with van der Waals surface area (Å²) >= 11 is 0. The van der Waals surface area contributed by atoms with E-state index in [1.807, 2.05) is 31.2 Å². The largest absolute Gasteiger partial charge is 0.497 e. The lowest BCUT2D eigenvalue weighted by Crippen LogP contribution is -2.47. The van der Waals surface area contributed by atoms with Crippen molar-refractivity contribution in [1.29, 1.82) is 0 Å². The van der Waals surface area contributed by atoms with E-state index >= 15 is 0 Å². The van der Waals surface area contributed by atoms with Crippen LogP contribution in [0, 0.1) is 0 Å². The molecule has 1 aliphatic carbocycles. The van der Waals surface area contributed by atoms with Crippen LogP contribution < -0.4 is 4.74 Å². The molecule has 0 aliphatic heterocycles. The van der Waals surface area contributed by atoms with Crippen LogP contribution in [0.1, 0.15) is 44.6 Å². The number of nitrogens with zero attached hydrogens (tertiary/aromatic N) is 1. The first kappa shape index (κ1) is 17.3. The van der Waals surface area contributed by atoms with Crippen LogP contribution in [-0.4, -0.2) is 42.1 Å². The predicted octanol–water partition coefficient (Wildman–Crippen LogP) is 2.83. The molecule has 1 saturated carbocycles. The van der Waals surface area contributed by atoms with Gasteiger partial charge in [0.15, 0.2) is 0 Å². The molecule has 0 saturated heterocycles. The normalized spacial score (nSPS) is 16.1. The van der Waals surface area contributed by atoms with Gasteiger partial charge in [-0.2, -0.15) is 0 Å². The van der Waals surface area contributed by atoms with E-state index in [1.165, 1.54) is 4.90 Å². The second-order valence-corrected chi connectivity index (χ2v) is 6.14. The van der Waals surface area contributed by atoms with Gasteiger partial charge in [0.1, 0.15) is 12.3 Å². The Labute approximate surface area is 137 Å². The van der Waals surface area contributed by atoms with Crippen molar-refractivity contribution in [1.82, 2.24) is 4.90 Å². The molecule has 1 aromatic rings. The summed E-state index contributed by atoms with van der Waals surface area (Å²) in [4.78, 5) is 25.8. The number of carbonyl (C=O) groups is 2. The van der Waals surface area contributed by atoms with Gasteiger partial charge in [-0.1, -0.05) is 31.9 Å². The van der Waals surface area contributed by atoms with Crippen molar-refractivity contribution < 1.29 is 19.4 Å². The number of rotatable bonds is 7. The molecule has 23 heavy (non-hydrogen) atoms. The minimum atomic E-state index is -0.967. The number of carboxylic acid groups (broad SMARTS) is 1. The molecule has 1 aliphatic rings. The predicted molar refractivity (Wildman–Crippen MR) is 87.6 cm³/mol.